The van der Waals surface area contributed by atoms with E-state index < -0.39 is 28.7 Å². The average Bonchev–Trinajstić information content (AvgIpc) is 3.53. The number of hydrogen-bond acceptors (Lipinski definition) is 3. The molecule has 2 aromatic carbocycles. The van der Waals surface area contributed by atoms with Gasteiger partial charge in [0, 0.05) is 28.7 Å². The SMILES string of the molecule is CC(C)(C)NS(=O)c1cccc(C(=O)N2CC3(CCC4(CC4)CC3)c3cc(C(O)C(F)(F)F)ccc32)c1. The second-order valence-electron chi connectivity index (χ2n) is 12.0. The molecule has 1 amide bonds. The van der Waals surface area contributed by atoms with Gasteiger partial charge in [-0.25, -0.2) is 8.93 Å². The van der Waals surface area contributed by atoms with Gasteiger partial charge in [-0.05, 0) is 100 Å². The number of aliphatic hydroxyl groups excluding tert-OH is 1. The van der Waals surface area contributed by atoms with E-state index in [2.05, 4.69) is 4.72 Å². The molecule has 37 heavy (non-hydrogen) atoms. The fourth-order valence-corrected chi connectivity index (χ4v) is 6.94. The van der Waals surface area contributed by atoms with E-state index in [-0.39, 0.29) is 17.0 Å². The monoisotopic (exact) mass is 534 g/mol. The maximum absolute atomic E-state index is 13.8. The van der Waals surface area contributed by atoms with E-state index in [4.69, 9.17) is 0 Å². The molecular weight excluding hydrogens is 501 g/mol. The van der Waals surface area contributed by atoms with E-state index in [1.54, 1.807) is 29.2 Å². The fraction of sp³-hybridized carbons (Fsp3) is 0.536. The lowest BCUT2D eigenvalue weighted by atomic mass is 9.66. The highest BCUT2D eigenvalue weighted by atomic mass is 32.2. The molecule has 2 unspecified atom stereocenters. The number of anilines is 1. The minimum absolute atomic E-state index is 0.197. The number of benzene rings is 2. The van der Waals surface area contributed by atoms with Crippen LogP contribution in [0.2, 0.25) is 0 Å². The van der Waals surface area contributed by atoms with Gasteiger partial charge in [0.2, 0.25) is 0 Å². The molecule has 1 aliphatic heterocycles. The zero-order valence-corrected chi connectivity index (χ0v) is 22.1. The number of halogens is 3. The van der Waals surface area contributed by atoms with Crippen LogP contribution in [-0.4, -0.2) is 33.5 Å². The zero-order valence-electron chi connectivity index (χ0n) is 21.3. The van der Waals surface area contributed by atoms with E-state index in [0.717, 1.165) is 25.7 Å². The molecule has 0 bridgehead atoms. The zero-order chi connectivity index (χ0) is 26.8. The Bertz CT molecular complexity index is 1240. The highest BCUT2D eigenvalue weighted by Gasteiger charge is 2.54. The first-order chi connectivity index (χ1) is 17.2. The second kappa shape index (κ2) is 8.92. The maximum atomic E-state index is 13.8. The van der Waals surface area contributed by atoms with Crippen LogP contribution in [0.3, 0.4) is 0 Å². The standard InChI is InChI=1S/C28H33F3N2O3S/c1-25(2,3)32-37(36)20-6-4-5-19(15-20)24(35)33-17-27(13-11-26(9-10-26)12-14-27)21-16-18(7-8-22(21)33)23(34)28(29,30)31/h4-8,15-16,23,32,34H,9-14,17H2,1-3H3. The van der Waals surface area contributed by atoms with E-state index >= 15 is 0 Å². The van der Waals surface area contributed by atoms with Crippen molar-refractivity contribution in [1.29, 1.82) is 0 Å². The summed E-state index contributed by atoms with van der Waals surface area (Å²) in [6.07, 6.45) is -1.36. The highest BCUT2D eigenvalue weighted by Crippen LogP contribution is 2.62. The van der Waals surface area contributed by atoms with Crippen molar-refractivity contribution >= 4 is 22.6 Å². The van der Waals surface area contributed by atoms with Crippen LogP contribution in [-0.2, 0) is 16.4 Å². The predicted octanol–water partition coefficient (Wildman–Crippen LogP) is 5.95. The number of rotatable bonds is 4. The first-order valence-electron chi connectivity index (χ1n) is 12.7. The van der Waals surface area contributed by atoms with Gasteiger partial charge in [0.15, 0.2) is 6.10 Å². The Kier molecular flexibility index (Phi) is 6.36. The summed E-state index contributed by atoms with van der Waals surface area (Å²) in [6.45, 7) is 6.09. The van der Waals surface area contributed by atoms with Crippen LogP contribution in [0.1, 0.15) is 86.9 Å². The van der Waals surface area contributed by atoms with Crippen molar-refractivity contribution < 1.29 is 27.3 Å². The lowest BCUT2D eigenvalue weighted by molar-refractivity contribution is -0.206. The van der Waals surface area contributed by atoms with Crippen molar-refractivity contribution in [1.82, 2.24) is 4.72 Å². The average molecular weight is 535 g/mol. The Morgan fingerprint density at radius 3 is 2.27 bits per heavy atom. The van der Waals surface area contributed by atoms with Gasteiger partial charge in [0.25, 0.3) is 5.91 Å². The molecule has 200 valence electrons. The molecule has 0 aromatic heterocycles. The van der Waals surface area contributed by atoms with Crippen molar-refractivity contribution in [2.75, 3.05) is 11.4 Å². The highest BCUT2D eigenvalue weighted by molar-refractivity contribution is 7.83. The Balaban J connectivity index is 1.49. The van der Waals surface area contributed by atoms with E-state index in [9.17, 15) is 27.3 Å². The van der Waals surface area contributed by atoms with Gasteiger partial charge < -0.3 is 10.0 Å². The lowest BCUT2D eigenvalue weighted by Gasteiger charge is -2.38. The summed E-state index contributed by atoms with van der Waals surface area (Å²) in [5.74, 6) is -0.274. The quantitative estimate of drug-likeness (QED) is 0.510. The number of alkyl halides is 3. The molecule has 2 aromatic rings. The topological polar surface area (TPSA) is 69.6 Å². The molecule has 5 rings (SSSR count). The molecule has 2 aliphatic carbocycles. The smallest absolute Gasteiger partial charge is 0.379 e. The van der Waals surface area contributed by atoms with E-state index in [1.165, 1.54) is 31.0 Å². The molecule has 5 nitrogen and oxygen atoms in total. The number of nitrogens with zero attached hydrogens (tertiary/aromatic N) is 1. The molecule has 0 saturated heterocycles. The molecule has 1 heterocycles. The van der Waals surface area contributed by atoms with Crippen LogP contribution in [0.5, 0.6) is 0 Å². The van der Waals surface area contributed by atoms with Crippen molar-refractivity contribution in [2.24, 2.45) is 5.41 Å². The minimum Gasteiger partial charge on any atom is -0.379 e. The van der Waals surface area contributed by atoms with Gasteiger partial charge in [0.1, 0.15) is 11.0 Å². The fourth-order valence-electron chi connectivity index (χ4n) is 5.83. The van der Waals surface area contributed by atoms with Crippen LogP contribution in [0.15, 0.2) is 47.4 Å². The van der Waals surface area contributed by atoms with Crippen molar-refractivity contribution in [3.05, 3.63) is 59.2 Å². The Labute approximate surface area is 218 Å². The summed E-state index contributed by atoms with van der Waals surface area (Å²) in [4.78, 5) is 15.9. The Morgan fingerprint density at radius 2 is 1.68 bits per heavy atom. The van der Waals surface area contributed by atoms with Crippen molar-refractivity contribution in [3.63, 3.8) is 0 Å². The summed E-state index contributed by atoms with van der Waals surface area (Å²) in [5, 5.41) is 9.94. The van der Waals surface area contributed by atoms with Gasteiger partial charge in [0.05, 0.1) is 4.90 Å². The summed E-state index contributed by atoms with van der Waals surface area (Å²) in [7, 11) is -1.51. The van der Waals surface area contributed by atoms with Crippen LogP contribution in [0.25, 0.3) is 0 Å². The number of carbonyl (C=O) groups excluding carboxylic acids is 1. The largest absolute Gasteiger partial charge is 0.418 e. The molecule has 2 spiro atoms. The first-order valence-corrected chi connectivity index (χ1v) is 13.9. The molecule has 2 N–H and O–H groups in total. The van der Waals surface area contributed by atoms with E-state index in [0.29, 0.717) is 33.7 Å². The number of hydrogen-bond donors (Lipinski definition) is 2. The maximum Gasteiger partial charge on any atom is 0.418 e. The summed E-state index contributed by atoms with van der Waals surface area (Å²) < 4.78 is 55.8. The van der Waals surface area contributed by atoms with Gasteiger partial charge in [-0.1, -0.05) is 18.2 Å². The van der Waals surface area contributed by atoms with Crippen LogP contribution in [0, 0.1) is 5.41 Å². The van der Waals surface area contributed by atoms with Crippen molar-refractivity contribution in [2.45, 2.75) is 87.4 Å². The number of nitrogens with one attached hydrogen (secondary N) is 1. The van der Waals surface area contributed by atoms with Gasteiger partial charge >= 0.3 is 6.18 Å². The molecule has 2 atom stereocenters. The lowest BCUT2D eigenvalue weighted by Crippen LogP contribution is -2.40. The summed E-state index contributed by atoms with van der Waals surface area (Å²) in [5.41, 5.74) is 1.03. The third-order valence-electron chi connectivity index (χ3n) is 8.13. The predicted molar refractivity (Wildman–Crippen MR) is 137 cm³/mol. The normalized spacial score (nSPS) is 21.6. The minimum atomic E-state index is -4.77. The Hall–Kier alpha value is -2.23. The van der Waals surface area contributed by atoms with Crippen LogP contribution >= 0.6 is 0 Å². The van der Waals surface area contributed by atoms with Gasteiger partial charge in [-0.15, -0.1) is 0 Å². The molecule has 2 fully saturated rings. The van der Waals surface area contributed by atoms with Crippen LogP contribution in [0.4, 0.5) is 18.9 Å². The molecule has 2 saturated carbocycles. The van der Waals surface area contributed by atoms with Crippen LogP contribution < -0.4 is 9.62 Å². The van der Waals surface area contributed by atoms with Crippen molar-refractivity contribution in [3.8, 4) is 0 Å². The number of carbonyl (C=O) groups is 1. The van der Waals surface area contributed by atoms with Gasteiger partial charge in [-0.3, -0.25) is 4.79 Å². The van der Waals surface area contributed by atoms with E-state index in [1.807, 2.05) is 20.8 Å². The second-order valence-corrected chi connectivity index (χ2v) is 13.3. The summed E-state index contributed by atoms with van der Waals surface area (Å²) >= 11 is 0. The molecule has 3 aliphatic rings. The number of amides is 1. The summed E-state index contributed by atoms with van der Waals surface area (Å²) in [6, 6.07) is 10.9. The van der Waals surface area contributed by atoms with Gasteiger partial charge in [-0.2, -0.15) is 13.2 Å². The molecular formula is C28H33F3N2O3S. The third-order valence-corrected chi connectivity index (χ3v) is 9.61. The Morgan fingerprint density at radius 1 is 1.03 bits per heavy atom. The molecule has 9 heteroatoms. The number of aliphatic hydroxyl groups is 1. The first kappa shape index (κ1) is 26.4. The third kappa shape index (κ3) is 5.10. The molecule has 0 radical (unpaired) electrons. The number of fused-ring (bicyclic) bond motifs is 2.